The van der Waals surface area contributed by atoms with Crippen LogP contribution in [-0.4, -0.2) is 18.0 Å². The molecule has 0 aliphatic heterocycles. The van der Waals surface area contributed by atoms with Crippen molar-refractivity contribution >= 4 is 11.6 Å². The predicted octanol–water partition coefficient (Wildman–Crippen LogP) is 4.27. The van der Waals surface area contributed by atoms with Crippen molar-refractivity contribution in [2.75, 3.05) is 12.4 Å². The molecule has 0 aliphatic rings. The largest absolute Gasteiger partial charge is 0.496 e. The van der Waals surface area contributed by atoms with E-state index in [1.165, 1.54) is 37.6 Å². The first-order valence-corrected chi connectivity index (χ1v) is 7.49. The maximum absolute atomic E-state index is 12.9. The lowest BCUT2D eigenvalue weighted by atomic mass is 10.2. The minimum atomic E-state index is -0.338. The number of rotatable bonds is 5. The number of methoxy groups -OCH3 is 1. The summed E-state index contributed by atoms with van der Waals surface area (Å²) >= 11 is 0. The van der Waals surface area contributed by atoms with E-state index in [0.717, 1.165) is 0 Å². The highest BCUT2D eigenvalue weighted by Gasteiger charge is 2.11. The van der Waals surface area contributed by atoms with Gasteiger partial charge in [-0.25, -0.2) is 9.37 Å². The van der Waals surface area contributed by atoms with Crippen LogP contribution in [0.2, 0.25) is 0 Å². The molecule has 0 aliphatic carbocycles. The molecule has 1 heterocycles. The van der Waals surface area contributed by atoms with E-state index in [1.807, 2.05) is 0 Å². The Labute approximate surface area is 144 Å². The molecule has 6 heteroatoms. The number of nitrogens with one attached hydrogen (secondary N) is 1. The van der Waals surface area contributed by atoms with Crippen LogP contribution in [0.25, 0.3) is 0 Å². The molecule has 0 bridgehead atoms. The molecule has 3 rings (SSSR count). The molecule has 0 saturated heterocycles. The monoisotopic (exact) mass is 338 g/mol. The maximum Gasteiger partial charge on any atom is 0.259 e. The SMILES string of the molecule is COc1ccccc1C(=O)Nc1ccc(Oc2ccc(F)cc2)nc1. The Bertz CT molecular complexity index is 865. The van der Waals surface area contributed by atoms with Crippen molar-refractivity contribution in [2.24, 2.45) is 0 Å². The number of para-hydroxylation sites is 1. The number of ether oxygens (including phenoxy) is 2. The minimum Gasteiger partial charge on any atom is -0.496 e. The maximum atomic E-state index is 12.9. The summed E-state index contributed by atoms with van der Waals surface area (Å²) in [5, 5.41) is 2.74. The van der Waals surface area contributed by atoms with Crippen LogP contribution >= 0.6 is 0 Å². The molecule has 25 heavy (non-hydrogen) atoms. The summed E-state index contributed by atoms with van der Waals surface area (Å²) in [5.74, 6) is 0.659. The lowest BCUT2D eigenvalue weighted by Gasteiger charge is -2.09. The van der Waals surface area contributed by atoms with Crippen molar-refractivity contribution in [2.45, 2.75) is 0 Å². The van der Waals surface area contributed by atoms with Gasteiger partial charge in [-0.05, 0) is 42.5 Å². The summed E-state index contributed by atoms with van der Waals surface area (Å²) in [4.78, 5) is 16.4. The van der Waals surface area contributed by atoms with Gasteiger partial charge in [0.15, 0.2) is 0 Å². The average molecular weight is 338 g/mol. The van der Waals surface area contributed by atoms with Crippen LogP contribution in [0, 0.1) is 5.82 Å². The molecular weight excluding hydrogens is 323 g/mol. The van der Waals surface area contributed by atoms with E-state index in [2.05, 4.69) is 10.3 Å². The van der Waals surface area contributed by atoms with E-state index in [-0.39, 0.29) is 11.7 Å². The Morgan fingerprint density at radius 1 is 1.04 bits per heavy atom. The summed E-state index contributed by atoms with van der Waals surface area (Å²) in [6.07, 6.45) is 1.48. The number of pyridine rings is 1. The molecule has 1 N–H and O–H groups in total. The number of amides is 1. The quantitative estimate of drug-likeness (QED) is 0.754. The Morgan fingerprint density at radius 3 is 2.48 bits per heavy atom. The Morgan fingerprint density at radius 2 is 1.80 bits per heavy atom. The first-order chi connectivity index (χ1) is 12.2. The molecule has 3 aromatic rings. The van der Waals surface area contributed by atoms with E-state index in [0.29, 0.717) is 28.6 Å². The van der Waals surface area contributed by atoms with Gasteiger partial charge in [0.1, 0.15) is 17.3 Å². The fourth-order valence-corrected chi connectivity index (χ4v) is 2.17. The number of halogens is 1. The van der Waals surface area contributed by atoms with Crippen molar-refractivity contribution in [3.8, 4) is 17.4 Å². The third-order valence-electron chi connectivity index (χ3n) is 3.38. The zero-order valence-electron chi connectivity index (χ0n) is 13.4. The molecule has 0 spiro atoms. The highest BCUT2D eigenvalue weighted by Crippen LogP contribution is 2.22. The van der Waals surface area contributed by atoms with Gasteiger partial charge in [-0.2, -0.15) is 0 Å². The molecule has 0 unspecified atom stereocenters. The van der Waals surface area contributed by atoms with Crippen molar-refractivity contribution < 1.29 is 18.7 Å². The third kappa shape index (κ3) is 4.11. The highest BCUT2D eigenvalue weighted by molar-refractivity contribution is 6.06. The second-order valence-electron chi connectivity index (χ2n) is 5.10. The highest BCUT2D eigenvalue weighted by atomic mass is 19.1. The van der Waals surface area contributed by atoms with Gasteiger partial charge in [0, 0.05) is 6.07 Å². The van der Waals surface area contributed by atoms with Gasteiger partial charge in [0.05, 0.1) is 24.6 Å². The molecule has 2 aromatic carbocycles. The van der Waals surface area contributed by atoms with Gasteiger partial charge in [0.25, 0.3) is 5.91 Å². The van der Waals surface area contributed by atoms with Crippen molar-refractivity contribution in [1.29, 1.82) is 0 Å². The van der Waals surface area contributed by atoms with E-state index in [9.17, 15) is 9.18 Å². The van der Waals surface area contributed by atoms with Gasteiger partial charge in [-0.15, -0.1) is 0 Å². The molecule has 0 saturated carbocycles. The number of benzene rings is 2. The first-order valence-electron chi connectivity index (χ1n) is 7.49. The summed E-state index contributed by atoms with van der Waals surface area (Å²) in [6.45, 7) is 0. The van der Waals surface area contributed by atoms with E-state index < -0.39 is 0 Å². The second kappa shape index (κ2) is 7.44. The van der Waals surface area contributed by atoms with Crippen molar-refractivity contribution in [3.05, 3.63) is 78.2 Å². The zero-order valence-corrected chi connectivity index (χ0v) is 13.4. The van der Waals surface area contributed by atoms with Crippen LogP contribution in [-0.2, 0) is 0 Å². The molecular formula is C19H15FN2O3. The fourth-order valence-electron chi connectivity index (χ4n) is 2.17. The number of hydrogen-bond donors (Lipinski definition) is 1. The third-order valence-corrected chi connectivity index (χ3v) is 3.38. The van der Waals surface area contributed by atoms with Crippen LogP contribution in [0.1, 0.15) is 10.4 Å². The minimum absolute atomic E-state index is 0.300. The van der Waals surface area contributed by atoms with Gasteiger partial charge < -0.3 is 14.8 Å². The van der Waals surface area contributed by atoms with Crippen LogP contribution in [0.15, 0.2) is 66.9 Å². The number of hydrogen-bond acceptors (Lipinski definition) is 4. The second-order valence-corrected chi connectivity index (χ2v) is 5.10. The average Bonchev–Trinajstić information content (AvgIpc) is 2.65. The van der Waals surface area contributed by atoms with E-state index >= 15 is 0 Å². The fraction of sp³-hybridized carbons (Fsp3) is 0.0526. The summed E-state index contributed by atoms with van der Waals surface area (Å²) in [6, 6.07) is 15.8. The van der Waals surface area contributed by atoms with Gasteiger partial charge in [0.2, 0.25) is 5.88 Å². The number of nitrogens with zero attached hydrogens (tertiary/aromatic N) is 1. The first kappa shape index (κ1) is 16.4. The van der Waals surface area contributed by atoms with E-state index in [4.69, 9.17) is 9.47 Å². The van der Waals surface area contributed by atoms with Gasteiger partial charge >= 0.3 is 0 Å². The van der Waals surface area contributed by atoms with Crippen molar-refractivity contribution in [3.63, 3.8) is 0 Å². The standard InChI is InChI=1S/C19H15FN2O3/c1-24-17-5-3-2-4-16(17)19(23)22-14-8-11-18(21-12-14)25-15-9-6-13(20)7-10-15/h2-12H,1H3,(H,22,23). The summed E-state index contributed by atoms with van der Waals surface area (Å²) < 4.78 is 23.6. The summed E-state index contributed by atoms with van der Waals surface area (Å²) in [7, 11) is 1.51. The lowest BCUT2D eigenvalue weighted by molar-refractivity contribution is 0.102. The van der Waals surface area contributed by atoms with Crippen LogP contribution in [0.5, 0.6) is 17.4 Å². The molecule has 1 amide bonds. The molecule has 5 nitrogen and oxygen atoms in total. The molecule has 1 aromatic heterocycles. The Hall–Kier alpha value is -3.41. The predicted molar refractivity (Wildman–Crippen MR) is 91.7 cm³/mol. The van der Waals surface area contributed by atoms with Gasteiger partial charge in [-0.1, -0.05) is 12.1 Å². The van der Waals surface area contributed by atoms with Crippen LogP contribution in [0.3, 0.4) is 0 Å². The summed E-state index contributed by atoms with van der Waals surface area (Å²) in [5.41, 5.74) is 0.944. The van der Waals surface area contributed by atoms with E-state index in [1.54, 1.807) is 36.4 Å². The van der Waals surface area contributed by atoms with Gasteiger partial charge in [-0.3, -0.25) is 4.79 Å². The van der Waals surface area contributed by atoms with Crippen LogP contribution in [0.4, 0.5) is 10.1 Å². The topological polar surface area (TPSA) is 60.5 Å². The number of carbonyl (C=O) groups is 1. The van der Waals surface area contributed by atoms with Crippen molar-refractivity contribution in [1.82, 2.24) is 4.98 Å². The number of anilines is 1. The number of aromatic nitrogens is 1. The smallest absolute Gasteiger partial charge is 0.259 e. The lowest BCUT2D eigenvalue weighted by Crippen LogP contribution is -2.13. The molecule has 0 atom stereocenters. The molecule has 0 radical (unpaired) electrons. The molecule has 126 valence electrons. The molecule has 0 fully saturated rings. The van der Waals surface area contributed by atoms with Crippen LogP contribution < -0.4 is 14.8 Å². The Balaban J connectivity index is 1.68. The Kier molecular flexibility index (Phi) is 4.89. The zero-order chi connectivity index (χ0) is 17.6. The normalized spacial score (nSPS) is 10.2. The number of carbonyl (C=O) groups excluding carboxylic acids is 1.